The fraction of sp³-hybridized carbons (Fsp3) is 0.250. The summed E-state index contributed by atoms with van der Waals surface area (Å²) < 4.78 is 2.17. The van der Waals surface area contributed by atoms with Gasteiger partial charge >= 0.3 is 0 Å². The van der Waals surface area contributed by atoms with Gasteiger partial charge in [-0.1, -0.05) is 36.4 Å². The number of benzene rings is 2. The molecule has 0 fully saturated rings. The molecule has 0 aliphatic carbocycles. The molecule has 3 rings (SSSR count). The molecule has 0 unspecified atom stereocenters. The molecular weight excluding hydrogens is 298 g/mol. The molecular formula is C20H24N3O+. The number of carbonyl (C=O) groups is 1. The molecule has 0 atom stereocenters. The van der Waals surface area contributed by atoms with E-state index in [-0.39, 0.29) is 5.91 Å². The Bertz CT molecular complexity index is 836. The third-order valence-corrected chi connectivity index (χ3v) is 4.24. The lowest BCUT2D eigenvalue weighted by Gasteiger charge is -2.23. The fourth-order valence-corrected chi connectivity index (χ4v) is 2.99. The number of rotatable bonds is 5. The van der Waals surface area contributed by atoms with E-state index >= 15 is 0 Å². The van der Waals surface area contributed by atoms with Crippen molar-refractivity contribution in [3.8, 4) is 0 Å². The summed E-state index contributed by atoms with van der Waals surface area (Å²) in [5.74, 6) is 0.131. The molecule has 0 aliphatic rings. The minimum absolute atomic E-state index is 0.131. The molecule has 0 radical (unpaired) electrons. The summed E-state index contributed by atoms with van der Waals surface area (Å²) in [6, 6.07) is 20.4. The SMILES string of the molecule is Cn1c(CN(C(=O)C[NH+](C)C)c2ccccc2)cc2ccccc21. The van der Waals surface area contributed by atoms with Gasteiger partial charge < -0.3 is 14.4 Å². The number of para-hydroxylation sites is 2. The third kappa shape index (κ3) is 3.34. The number of hydrogen-bond acceptors (Lipinski definition) is 1. The number of hydrogen-bond donors (Lipinski definition) is 1. The van der Waals surface area contributed by atoms with Gasteiger partial charge in [-0.25, -0.2) is 0 Å². The van der Waals surface area contributed by atoms with Crippen molar-refractivity contribution >= 4 is 22.5 Å². The lowest BCUT2D eigenvalue weighted by atomic mass is 10.2. The first-order chi connectivity index (χ1) is 11.6. The van der Waals surface area contributed by atoms with E-state index in [9.17, 15) is 4.79 Å². The lowest BCUT2D eigenvalue weighted by molar-refractivity contribution is -0.849. The maximum Gasteiger partial charge on any atom is 0.282 e. The van der Waals surface area contributed by atoms with Gasteiger partial charge in [0.25, 0.3) is 5.91 Å². The van der Waals surface area contributed by atoms with E-state index < -0.39 is 0 Å². The number of fused-ring (bicyclic) bond motifs is 1. The third-order valence-electron chi connectivity index (χ3n) is 4.24. The summed E-state index contributed by atoms with van der Waals surface area (Å²) in [5.41, 5.74) is 3.25. The number of carbonyl (C=O) groups excluding carboxylic acids is 1. The van der Waals surface area contributed by atoms with Gasteiger partial charge in [0.2, 0.25) is 0 Å². The first-order valence-corrected chi connectivity index (χ1v) is 8.24. The monoisotopic (exact) mass is 322 g/mol. The highest BCUT2D eigenvalue weighted by Gasteiger charge is 2.20. The molecule has 124 valence electrons. The number of aromatic nitrogens is 1. The van der Waals surface area contributed by atoms with E-state index in [4.69, 9.17) is 0 Å². The molecule has 3 aromatic rings. The highest BCUT2D eigenvalue weighted by atomic mass is 16.2. The average Bonchev–Trinajstić information content (AvgIpc) is 2.89. The number of amides is 1. The van der Waals surface area contributed by atoms with E-state index in [1.807, 2.05) is 61.5 Å². The molecule has 1 amide bonds. The Morgan fingerprint density at radius 2 is 1.71 bits per heavy atom. The number of aryl methyl sites for hydroxylation is 1. The Kier molecular flexibility index (Phi) is 4.67. The van der Waals surface area contributed by atoms with Gasteiger partial charge in [-0.3, -0.25) is 4.79 Å². The molecule has 0 bridgehead atoms. The fourth-order valence-electron chi connectivity index (χ4n) is 2.99. The number of quaternary nitrogens is 1. The maximum absolute atomic E-state index is 12.8. The van der Waals surface area contributed by atoms with Crippen molar-refractivity contribution < 1.29 is 9.69 Å². The van der Waals surface area contributed by atoms with Gasteiger partial charge in [0.15, 0.2) is 6.54 Å². The lowest BCUT2D eigenvalue weighted by Crippen LogP contribution is -3.07. The van der Waals surface area contributed by atoms with E-state index in [0.29, 0.717) is 13.1 Å². The summed E-state index contributed by atoms with van der Waals surface area (Å²) in [6.45, 7) is 1.04. The Balaban J connectivity index is 1.96. The summed E-state index contributed by atoms with van der Waals surface area (Å²) in [6.07, 6.45) is 0. The average molecular weight is 322 g/mol. The Labute approximate surface area is 142 Å². The Hall–Kier alpha value is -2.59. The topological polar surface area (TPSA) is 29.7 Å². The predicted octanol–water partition coefficient (Wildman–Crippen LogP) is 1.86. The van der Waals surface area contributed by atoms with Gasteiger partial charge in [-0.15, -0.1) is 0 Å². The summed E-state index contributed by atoms with van der Waals surface area (Å²) in [4.78, 5) is 15.8. The van der Waals surface area contributed by atoms with Crippen molar-refractivity contribution in [2.75, 3.05) is 25.5 Å². The van der Waals surface area contributed by atoms with E-state index in [0.717, 1.165) is 16.3 Å². The quantitative estimate of drug-likeness (QED) is 0.763. The van der Waals surface area contributed by atoms with Crippen LogP contribution in [0.4, 0.5) is 5.69 Å². The molecule has 1 heterocycles. The molecule has 2 aromatic carbocycles. The molecule has 0 saturated carbocycles. The van der Waals surface area contributed by atoms with Gasteiger partial charge in [-0.2, -0.15) is 0 Å². The van der Waals surface area contributed by atoms with E-state index in [2.05, 4.69) is 29.8 Å². The molecule has 0 aliphatic heterocycles. The van der Waals surface area contributed by atoms with Gasteiger partial charge in [0.05, 0.1) is 20.6 Å². The Morgan fingerprint density at radius 1 is 1.04 bits per heavy atom. The van der Waals surface area contributed by atoms with Crippen molar-refractivity contribution in [3.05, 3.63) is 66.4 Å². The second-order valence-corrected chi connectivity index (χ2v) is 6.45. The highest BCUT2D eigenvalue weighted by molar-refractivity contribution is 5.94. The normalized spacial score (nSPS) is 11.2. The zero-order valence-corrected chi connectivity index (χ0v) is 14.5. The molecule has 1 aromatic heterocycles. The van der Waals surface area contributed by atoms with Crippen LogP contribution >= 0.6 is 0 Å². The largest absolute Gasteiger partial charge is 0.346 e. The van der Waals surface area contributed by atoms with Crippen LogP contribution in [0.2, 0.25) is 0 Å². The summed E-state index contributed by atoms with van der Waals surface area (Å²) in [5, 5.41) is 1.20. The summed E-state index contributed by atoms with van der Waals surface area (Å²) >= 11 is 0. The van der Waals surface area contributed by atoms with Crippen LogP contribution < -0.4 is 9.80 Å². The first-order valence-electron chi connectivity index (χ1n) is 8.24. The van der Waals surface area contributed by atoms with Gasteiger partial charge in [0.1, 0.15) is 0 Å². The molecule has 4 heteroatoms. The van der Waals surface area contributed by atoms with Crippen molar-refractivity contribution in [2.45, 2.75) is 6.54 Å². The maximum atomic E-state index is 12.8. The van der Waals surface area contributed by atoms with Crippen LogP contribution in [0, 0.1) is 0 Å². The molecule has 1 N–H and O–H groups in total. The molecule has 0 spiro atoms. The van der Waals surface area contributed by atoms with Crippen LogP contribution in [0.3, 0.4) is 0 Å². The predicted molar refractivity (Wildman–Crippen MR) is 98.2 cm³/mol. The van der Waals surface area contributed by atoms with E-state index in [1.54, 1.807) is 0 Å². The van der Waals surface area contributed by atoms with Gasteiger partial charge in [-0.05, 0) is 29.7 Å². The Morgan fingerprint density at radius 3 is 2.38 bits per heavy atom. The van der Waals surface area contributed by atoms with Gasteiger partial charge in [0, 0.05) is 23.9 Å². The summed E-state index contributed by atoms with van der Waals surface area (Å²) in [7, 11) is 6.05. The van der Waals surface area contributed by atoms with Crippen LogP contribution in [0.15, 0.2) is 60.7 Å². The highest BCUT2D eigenvalue weighted by Crippen LogP contribution is 2.22. The zero-order chi connectivity index (χ0) is 17.1. The first kappa shape index (κ1) is 16.3. The molecule has 4 nitrogen and oxygen atoms in total. The van der Waals surface area contributed by atoms with Crippen molar-refractivity contribution in [1.29, 1.82) is 0 Å². The van der Waals surface area contributed by atoms with Crippen molar-refractivity contribution in [2.24, 2.45) is 7.05 Å². The van der Waals surface area contributed by atoms with Crippen LogP contribution in [0.25, 0.3) is 10.9 Å². The minimum Gasteiger partial charge on any atom is -0.346 e. The second kappa shape index (κ2) is 6.89. The molecule has 24 heavy (non-hydrogen) atoms. The van der Waals surface area contributed by atoms with Crippen molar-refractivity contribution in [1.82, 2.24) is 4.57 Å². The number of nitrogens with one attached hydrogen (secondary N) is 1. The second-order valence-electron chi connectivity index (χ2n) is 6.45. The van der Waals surface area contributed by atoms with Crippen LogP contribution in [-0.4, -0.2) is 31.1 Å². The van der Waals surface area contributed by atoms with Crippen LogP contribution in [0.5, 0.6) is 0 Å². The minimum atomic E-state index is 0.131. The number of anilines is 1. The van der Waals surface area contributed by atoms with Crippen LogP contribution in [-0.2, 0) is 18.4 Å². The standard InChI is InChI=1S/C20H23N3O/c1-21(2)15-20(24)23(17-10-5-4-6-11-17)14-18-13-16-9-7-8-12-19(16)22(18)3/h4-13H,14-15H2,1-3H3/p+1. The number of likely N-dealkylation sites (N-methyl/N-ethyl adjacent to an activating group) is 1. The van der Waals surface area contributed by atoms with Crippen LogP contribution in [0.1, 0.15) is 5.69 Å². The van der Waals surface area contributed by atoms with E-state index in [1.165, 1.54) is 10.9 Å². The smallest absolute Gasteiger partial charge is 0.282 e. The zero-order valence-electron chi connectivity index (χ0n) is 14.5. The number of nitrogens with zero attached hydrogens (tertiary/aromatic N) is 2. The van der Waals surface area contributed by atoms with Crippen molar-refractivity contribution in [3.63, 3.8) is 0 Å². The molecule has 0 saturated heterocycles.